The average molecular weight is 302 g/mol. The Balaban J connectivity index is 2.57. The van der Waals surface area contributed by atoms with E-state index in [1.54, 1.807) is 7.11 Å². The molecule has 1 unspecified atom stereocenters. The van der Waals surface area contributed by atoms with Crippen LogP contribution >= 0.6 is 0 Å². The molecule has 0 fully saturated rings. The summed E-state index contributed by atoms with van der Waals surface area (Å²) in [6.45, 7) is 9.07. The molecule has 0 N–H and O–H groups in total. The molecular formula is C18H26O2Si. The molecule has 0 bridgehead atoms. The van der Waals surface area contributed by atoms with Gasteiger partial charge in [0, 0.05) is 7.11 Å². The molecule has 114 valence electrons. The summed E-state index contributed by atoms with van der Waals surface area (Å²) >= 11 is 0. The molecule has 0 aliphatic heterocycles. The van der Waals surface area contributed by atoms with E-state index in [-0.39, 0.29) is 5.78 Å². The van der Waals surface area contributed by atoms with E-state index in [4.69, 9.17) is 4.74 Å². The number of rotatable bonds is 6. The topological polar surface area (TPSA) is 26.3 Å². The van der Waals surface area contributed by atoms with Crippen LogP contribution in [0.3, 0.4) is 0 Å². The number of Topliss-reactive ketones (excluding diaryl/α,β-unsaturated/α-hetero) is 1. The van der Waals surface area contributed by atoms with Gasteiger partial charge in [-0.2, -0.15) is 0 Å². The van der Waals surface area contributed by atoms with Crippen LogP contribution < -0.4 is 0 Å². The van der Waals surface area contributed by atoms with E-state index in [1.165, 1.54) is 5.20 Å². The van der Waals surface area contributed by atoms with Crippen molar-refractivity contribution in [2.75, 3.05) is 7.11 Å². The standard InChI is InChI=1S/C18H26O2Si/c1-6-7-13-15-16(19)18(20-2,17(15)21(3,4)5)14-11-9-8-10-12-14/h8-12H,6-7,13H2,1-5H3. The SMILES string of the molecule is CCCCC1=C([Si](C)(C)C)C(OC)(c2ccccc2)C1=O. The smallest absolute Gasteiger partial charge is 0.198 e. The van der Waals surface area contributed by atoms with Crippen LogP contribution in [-0.4, -0.2) is 21.0 Å². The third-order valence-electron chi connectivity index (χ3n) is 4.26. The molecule has 1 atom stereocenters. The zero-order valence-corrected chi connectivity index (χ0v) is 14.8. The first-order valence-electron chi connectivity index (χ1n) is 7.79. The molecule has 21 heavy (non-hydrogen) atoms. The highest BCUT2D eigenvalue weighted by Gasteiger charge is 2.58. The van der Waals surface area contributed by atoms with Crippen molar-refractivity contribution in [1.82, 2.24) is 0 Å². The second-order valence-electron chi connectivity index (χ2n) is 6.79. The molecule has 1 aromatic carbocycles. The molecule has 3 heteroatoms. The molecular weight excluding hydrogens is 276 g/mol. The fourth-order valence-corrected chi connectivity index (χ4v) is 5.98. The number of carbonyl (C=O) groups is 1. The van der Waals surface area contributed by atoms with Crippen molar-refractivity contribution in [2.24, 2.45) is 0 Å². The minimum Gasteiger partial charge on any atom is -0.361 e. The number of methoxy groups -OCH3 is 1. The van der Waals surface area contributed by atoms with E-state index in [9.17, 15) is 4.79 Å². The van der Waals surface area contributed by atoms with Gasteiger partial charge in [-0.3, -0.25) is 4.79 Å². The summed E-state index contributed by atoms with van der Waals surface area (Å²) in [7, 11) is 0.0342. The summed E-state index contributed by atoms with van der Waals surface area (Å²) in [4.78, 5) is 12.9. The van der Waals surface area contributed by atoms with E-state index >= 15 is 0 Å². The van der Waals surface area contributed by atoms with Crippen molar-refractivity contribution in [2.45, 2.75) is 51.4 Å². The largest absolute Gasteiger partial charge is 0.361 e. The lowest BCUT2D eigenvalue weighted by Gasteiger charge is -2.48. The second-order valence-corrected chi connectivity index (χ2v) is 11.8. The van der Waals surface area contributed by atoms with Gasteiger partial charge in [-0.1, -0.05) is 63.3 Å². The summed E-state index contributed by atoms with van der Waals surface area (Å²) in [5, 5.41) is 1.29. The number of unbranched alkanes of at least 4 members (excludes halogenated alkanes) is 1. The predicted octanol–water partition coefficient (Wildman–Crippen LogP) is 4.48. The first kappa shape index (κ1) is 16.2. The normalized spacial score (nSPS) is 22.4. The van der Waals surface area contributed by atoms with Crippen molar-refractivity contribution in [3.8, 4) is 0 Å². The molecule has 0 radical (unpaired) electrons. The van der Waals surface area contributed by atoms with Crippen molar-refractivity contribution in [3.63, 3.8) is 0 Å². The quantitative estimate of drug-likeness (QED) is 0.724. The second kappa shape index (κ2) is 5.89. The Labute approximate surface area is 129 Å². The van der Waals surface area contributed by atoms with Crippen LogP contribution in [0.15, 0.2) is 41.1 Å². The third kappa shape index (κ3) is 2.53. The van der Waals surface area contributed by atoms with Gasteiger partial charge >= 0.3 is 0 Å². The van der Waals surface area contributed by atoms with E-state index in [1.807, 2.05) is 30.3 Å². The van der Waals surface area contributed by atoms with Gasteiger partial charge in [0.2, 0.25) is 0 Å². The van der Waals surface area contributed by atoms with Gasteiger partial charge in [0.1, 0.15) is 0 Å². The number of benzene rings is 1. The lowest BCUT2D eigenvalue weighted by molar-refractivity contribution is -0.138. The van der Waals surface area contributed by atoms with Crippen molar-refractivity contribution >= 4 is 13.9 Å². The number of hydrogen-bond donors (Lipinski definition) is 0. The number of ether oxygens (including phenoxy) is 1. The Kier molecular flexibility index (Phi) is 4.54. The molecule has 0 amide bonds. The van der Waals surface area contributed by atoms with Crippen molar-refractivity contribution in [1.29, 1.82) is 0 Å². The summed E-state index contributed by atoms with van der Waals surface area (Å²) in [6.07, 6.45) is 3.08. The Hall–Kier alpha value is -1.19. The van der Waals surface area contributed by atoms with Gasteiger partial charge in [0.15, 0.2) is 11.4 Å². The minimum atomic E-state index is -1.63. The van der Waals surface area contributed by atoms with Gasteiger partial charge in [0.25, 0.3) is 0 Å². The predicted molar refractivity (Wildman–Crippen MR) is 90.0 cm³/mol. The molecule has 2 rings (SSSR count). The lowest BCUT2D eigenvalue weighted by Crippen LogP contribution is -2.57. The average Bonchev–Trinajstić information content (AvgIpc) is 2.45. The Morgan fingerprint density at radius 2 is 1.76 bits per heavy atom. The molecule has 1 aliphatic rings. The summed E-state index contributed by atoms with van der Waals surface area (Å²) < 4.78 is 5.85. The third-order valence-corrected chi connectivity index (χ3v) is 6.42. The Bertz CT molecular complexity index is 554. The maximum absolute atomic E-state index is 12.9. The Morgan fingerprint density at radius 3 is 2.24 bits per heavy atom. The molecule has 2 nitrogen and oxygen atoms in total. The molecule has 0 saturated heterocycles. The van der Waals surface area contributed by atoms with Gasteiger partial charge in [-0.25, -0.2) is 0 Å². The molecule has 0 saturated carbocycles. The lowest BCUT2D eigenvalue weighted by atomic mass is 9.73. The first-order chi connectivity index (χ1) is 9.89. The summed E-state index contributed by atoms with van der Waals surface area (Å²) in [6, 6.07) is 9.96. The highest BCUT2D eigenvalue weighted by Crippen LogP contribution is 2.51. The molecule has 1 aliphatic carbocycles. The van der Waals surface area contributed by atoms with Crippen LogP contribution in [0, 0.1) is 0 Å². The maximum Gasteiger partial charge on any atom is 0.198 e. The van der Waals surface area contributed by atoms with Crippen molar-refractivity contribution in [3.05, 3.63) is 46.7 Å². The van der Waals surface area contributed by atoms with Crippen molar-refractivity contribution < 1.29 is 9.53 Å². The molecule has 0 heterocycles. The fraction of sp³-hybridized carbons (Fsp3) is 0.500. The van der Waals surface area contributed by atoms with Crippen LogP contribution in [-0.2, 0) is 15.1 Å². The van der Waals surface area contributed by atoms with Crippen LogP contribution in [0.5, 0.6) is 0 Å². The van der Waals surface area contributed by atoms with E-state index in [0.29, 0.717) is 0 Å². The van der Waals surface area contributed by atoms with Gasteiger partial charge in [0.05, 0.1) is 8.07 Å². The minimum absolute atomic E-state index is 0.182. The maximum atomic E-state index is 12.9. The monoisotopic (exact) mass is 302 g/mol. The number of carbonyl (C=O) groups excluding carboxylic acids is 1. The van der Waals surface area contributed by atoms with Gasteiger partial charge in [-0.15, -0.1) is 0 Å². The first-order valence-corrected chi connectivity index (χ1v) is 11.3. The zero-order chi connectivity index (χ0) is 15.7. The van der Waals surface area contributed by atoms with Crippen LogP contribution in [0.1, 0.15) is 31.7 Å². The number of hydrogen-bond acceptors (Lipinski definition) is 2. The highest BCUT2D eigenvalue weighted by atomic mass is 28.3. The van der Waals surface area contributed by atoms with Crippen LogP contribution in [0.25, 0.3) is 0 Å². The van der Waals surface area contributed by atoms with E-state index in [2.05, 4.69) is 26.6 Å². The highest BCUT2D eigenvalue weighted by molar-refractivity contribution is 6.85. The zero-order valence-electron chi connectivity index (χ0n) is 13.8. The Morgan fingerprint density at radius 1 is 1.14 bits per heavy atom. The molecule has 0 spiro atoms. The molecule has 1 aromatic rings. The van der Waals surface area contributed by atoms with E-state index in [0.717, 1.165) is 30.4 Å². The number of ketones is 1. The molecule has 0 aromatic heterocycles. The fourth-order valence-electron chi connectivity index (χ4n) is 3.42. The van der Waals surface area contributed by atoms with Gasteiger partial charge in [-0.05, 0) is 29.2 Å². The van der Waals surface area contributed by atoms with Crippen LogP contribution in [0.4, 0.5) is 0 Å². The summed E-state index contributed by atoms with van der Waals surface area (Å²) in [5.41, 5.74) is 1.21. The summed E-state index contributed by atoms with van der Waals surface area (Å²) in [5.74, 6) is 0.182. The van der Waals surface area contributed by atoms with E-state index < -0.39 is 13.7 Å². The van der Waals surface area contributed by atoms with Crippen LogP contribution in [0.2, 0.25) is 19.6 Å². The van der Waals surface area contributed by atoms with Gasteiger partial charge < -0.3 is 4.74 Å².